The highest BCUT2D eigenvalue weighted by Crippen LogP contribution is 2.24. The minimum atomic E-state index is -0.134. The normalized spacial score (nSPS) is 11.1. The van der Waals surface area contributed by atoms with Gasteiger partial charge in [-0.15, -0.1) is 10.2 Å². The van der Waals surface area contributed by atoms with Crippen molar-refractivity contribution in [3.05, 3.63) is 65.1 Å². The second-order valence-corrected chi connectivity index (χ2v) is 7.46. The maximum absolute atomic E-state index is 12.1. The molecule has 0 unspecified atom stereocenters. The van der Waals surface area contributed by atoms with Gasteiger partial charge in [-0.25, -0.2) is 4.98 Å². The van der Waals surface area contributed by atoms with Gasteiger partial charge in [0.2, 0.25) is 11.8 Å². The zero-order valence-electron chi connectivity index (χ0n) is 14.9. The number of aromatic nitrogens is 4. The highest BCUT2D eigenvalue weighted by Gasteiger charge is 2.12. The van der Waals surface area contributed by atoms with Crippen molar-refractivity contribution in [1.29, 1.82) is 0 Å². The number of hydrogen-bond acceptors (Lipinski definition) is 6. The van der Waals surface area contributed by atoms with E-state index in [-0.39, 0.29) is 11.7 Å². The van der Waals surface area contributed by atoms with Crippen molar-refractivity contribution < 1.29 is 9.21 Å². The van der Waals surface area contributed by atoms with Crippen LogP contribution in [0.15, 0.2) is 58.4 Å². The average Bonchev–Trinajstić information content (AvgIpc) is 3.33. The molecule has 142 valence electrons. The molecule has 28 heavy (non-hydrogen) atoms. The van der Waals surface area contributed by atoms with Crippen molar-refractivity contribution in [3.63, 3.8) is 0 Å². The third kappa shape index (κ3) is 4.18. The van der Waals surface area contributed by atoms with Crippen LogP contribution in [0, 0.1) is 6.92 Å². The number of thioether (sulfide) groups is 1. The topological polar surface area (TPSA) is 85.3 Å². The van der Waals surface area contributed by atoms with Crippen LogP contribution in [-0.2, 0) is 11.3 Å². The van der Waals surface area contributed by atoms with Gasteiger partial charge in [-0.05, 0) is 42.8 Å². The van der Waals surface area contributed by atoms with Crippen LogP contribution in [0.3, 0.4) is 0 Å². The van der Waals surface area contributed by atoms with Crippen molar-refractivity contribution in [2.75, 3.05) is 5.75 Å². The molecule has 0 fully saturated rings. The Morgan fingerprint density at radius 1 is 1.25 bits per heavy atom. The van der Waals surface area contributed by atoms with Gasteiger partial charge in [0.1, 0.15) is 5.65 Å². The first-order valence-electron chi connectivity index (χ1n) is 8.50. The van der Waals surface area contributed by atoms with E-state index in [1.54, 1.807) is 24.3 Å². The molecule has 1 aromatic carbocycles. The Hall–Kier alpha value is -2.84. The summed E-state index contributed by atoms with van der Waals surface area (Å²) in [6.07, 6.45) is 3.84. The molecular formula is C19H16ClN5O2S. The summed E-state index contributed by atoms with van der Waals surface area (Å²) in [5.41, 5.74) is 3.55. The van der Waals surface area contributed by atoms with Gasteiger partial charge in [-0.3, -0.25) is 4.79 Å². The molecule has 3 heterocycles. The quantitative estimate of drug-likeness (QED) is 0.484. The predicted molar refractivity (Wildman–Crippen MR) is 107 cm³/mol. The van der Waals surface area contributed by atoms with Crippen molar-refractivity contribution in [2.24, 2.45) is 0 Å². The van der Waals surface area contributed by atoms with Crippen molar-refractivity contribution in [1.82, 2.24) is 24.9 Å². The Labute approximate surface area is 170 Å². The number of rotatable bonds is 6. The standard InChI is InChI=1S/C19H16ClN5O2S/c1-12-3-2-8-25-10-15(22-17(12)25)9-21-16(26)11-28-19-24-23-18(27-19)13-4-6-14(20)7-5-13/h2-8,10H,9,11H2,1H3,(H,21,26). The fourth-order valence-corrected chi connectivity index (χ4v) is 3.35. The molecule has 9 heteroatoms. The number of nitrogens with one attached hydrogen (secondary N) is 1. The summed E-state index contributed by atoms with van der Waals surface area (Å²) >= 11 is 7.06. The van der Waals surface area contributed by atoms with E-state index in [9.17, 15) is 4.79 Å². The molecule has 0 radical (unpaired) electrons. The van der Waals surface area contributed by atoms with E-state index in [1.807, 2.05) is 35.9 Å². The summed E-state index contributed by atoms with van der Waals surface area (Å²) in [7, 11) is 0. The van der Waals surface area contributed by atoms with Crippen molar-refractivity contribution in [3.8, 4) is 11.5 Å². The lowest BCUT2D eigenvalue weighted by atomic mass is 10.2. The molecule has 1 amide bonds. The second kappa shape index (κ2) is 8.04. The lowest BCUT2D eigenvalue weighted by molar-refractivity contribution is -0.118. The SMILES string of the molecule is Cc1cccn2cc(CNC(=O)CSc3nnc(-c4ccc(Cl)cc4)o3)nc12. The number of pyridine rings is 1. The highest BCUT2D eigenvalue weighted by molar-refractivity contribution is 7.99. The van der Waals surface area contributed by atoms with E-state index in [0.29, 0.717) is 22.7 Å². The number of carbonyl (C=O) groups excluding carboxylic acids is 1. The smallest absolute Gasteiger partial charge is 0.277 e. The summed E-state index contributed by atoms with van der Waals surface area (Å²) in [5, 5.41) is 11.8. The largest absolute Gasteiger partial charge is 0.411 e. The Morgan fingerprint density at radius 3 is 2.86 bits per heavy atom. The van der Waals surface area contributed by atoms with Crippen LogP contribution in [-0.4, -0.2) is 31.2 Å². The van der Waals surface area contributed by atoms with Crippen LogP contribution < -0.4 is 5.32 Å². The molecule has 4 aromatic rings. The number of aryl methyl sites for hydroxylation is 1. The third-order valence-corrected chi connectivity index (χ3v) is 5.09. The summed E-state index contributed by atoms with van der Waals surface area (Å²) in [5.74, 6) is 0.430. The minimum Gasteiger partial charge on any atom is -0.411 e. The molecule has 1 N–H and O–H groups in total. The van der Waals surface area contributed by atoms with Gasteiger partial charge in [0, 0.05) is 23.0 Å². The van der Waals surface area contributed by atoms with Gasteiger partial charge in [-0.2, -0.15) is 0 Å². The number of hydrogen-bond donors (Lipinski definition) is 1. The maximum atomic E-state index is 12.1. The molecule has 0 aliphatic carbocycles. The highest BCUT2D eigenvalue weighted by atomic mass is 35.5. The molecule has 0 aliphatic rings. The van der Waals surface area contributed by atoms with Gasteiger partial charge >= 0.3 is 0 Å². The van der Waals surface area contributed by atoms with Gasteiger partial charge < -0.3 is 14.1 Å². The molecule has 0 bridgehead atoms. The van der Waals surface area contributed by atoms with E-state index in [1.165, 1.54) is 11.8 Å². The molecular weight excluding hydrogens is 398 g/mol. The summed E-state index contributed by atoms with van der Waals surface area (Å²) in [4.78, 5) is 16.7. The van der Waals surface area contributed by atoms with E-state index in [2.05, 4.69) is 20.5 Å². The number of benzene rings is 1. The van der Waals surface area contributed by atoms with Gasteiger partial charge in [-0.1, -0.05) is 29.4 Å². The minimum absolute atomic E-state index is 0.134. The fourth-order valence-electron chi connectivity index (χ4n) is 2.63. The van der Waals surface area contributed by atoms with Crippen LogP contribution in [0.5, 0.6) is 0 Å². The molecule has 0 atom stereocenters. The van der Waals surface area contributed by atoms with Gasteiger partial charge in [0.25, 0.3) is 5.22 Å². The number of imidazole rings is 1. The number of fused-ring (bicyclic) bond motifs is 1. The van der Waals surface area contributed by atoms with Crippen molar-refractivity contribution in [2.45, 2.75) is 18.7 Å². The zero-order chi connectivity index (χ0) is 19.5. The first-order valence-corrected chi connectivity index (χ1v) is 9.87. The first-order chi connectivity index (χ1) is 13.6. The fraction of sp³-hybridized carbons (Fsp3) is 0.158. The van der Waals surface area contributed by atoms with Crippen LogP contribution in [0.4, 0.5) is 0 Å². The molecule has 3 aromatic heterocycles. The lowest BCUT2D eigenvalue weighted by Gasteiger charge is -2.01. The summed E-state index contributed by atoms with van der Waals surface area (Å²) in [6, 6.07) is 11.1. The number of carbonyl (C=O) groups is 1. The van der Waals surface area contributed by atoms with Crippen molar-refractivity contribution >= 4 is 34.9 Å². The third-order valence-electron chi connectivity index (χ3n) is 4.02. The molecule has 0 spiro atoms. The van der Waals surface area contributed by atoms with E-state index >= 15 is 0 Å². The first kappa shape index (κ1) is 18.5. The molecule has 0 saturated carbocycles. The molecule has 4 rings (SSSR count). The van der Waals surface area contributed by atoms with Gasteiger partial charge in [0.05, 0.1) is 18.0 Å². The average molecular weight is 414 g/mol. The van der Waals surface area contributed by atoms with E-state index in [4.69, 9.17) is 16.0 Å². The maximum Gasteiger partial charge on any atom is 0.277 e. The predicted octanol–water partition coefficient (Wildman–Crippen LogP) is 3.75. The summed E-state index contributed by atoms with van der Waals surface area (Å²) < 4.78 is 7.52. The number of halogens is 1. The Bertz CT molecular complexity index is 1120. The molecule has 0 aliphatic heterocycles. The Balaban J connectivity index is 1.30. The van der Waals surface area contributed by atoms with Crippen LogP contribution in [0.1, 0.15) is 11.3 Å². The molecule has 7 nitrogen and oxygen atoms in total. The van der Waals surface area contributed by atoms with E-state index < -0.39 is 0 Å². The lowest BCUT2D eigenvalue weighted by Crippen LogP contribution is -2.24. The summed E-state index contributed by atoms with van der Waals surface area (Å²) in [6.45, 7) is 2.37. The Kier molecular flexibility index (Phi) is 5.31. The Morgan fingerprint density at radius 2 is 2.07 bits per heavy atom. The van der Waals surface area contributed by atoms with Gasteiger partial charge in [0.15, 0.2) is 0 Å². The second-order valence-electron chi connectivity index (χ2n) is 6.10. The van der Waals surface area contributed by atoms with Crippen LogP contribution in [0.25, 0.3) is 17.1 Å². The van der Waals surface area contributed by atoms with E-state index in [0.717, 1.165) is 22.5 Å². The van der Waals surface area contributed by atoms with Crippen LogP contribution in [0.2, 0.25) is 5.02 Å². The number of nitrogens with zero attached hydrogens (tertiary/aromatic N) is 4. The monoisotopic (exact) mass is 413 g/mol. The number of amides is 1. The zero-order valence-corrected chi connectivity index (χ0v) is 16.5. The molecule has 0 saturated heterocycles. The van der Waals surface area contributed by atoms with Crippen LogP contribution >= 0.6 is 23.4 Å².